The average Bonchev–Trinajstić information content (AvgIpc) is 3.26. The first-order valence-corrected chi connectivity index (χ1v) is 20.8. The fourth-order valence-corrected chi connectivity index (χ4v) is 6.68. The third-order valence-electron chi connectivity index (χ3n) is 10.1. The highest BCUT2D eigenvalue weighted by molar-refractivity contribution is 5.93. The molecule has 308 valence electrons. The molecule has 1 aliphatic carbocycles. The lowest BCUT2D eigenvalue weighted by Gasteiger charge is -2.29. The lowest BCUT2D eigenvalue weighted by atomic mass is 9.85. The highest BCUT2D eigenvalue weighted by Crippen LogP contribution is 2.29. The molecule has 0 aliphatic heterocycles. The second kappa shape index (κ2) is 23.6. The van der Waals surface area contributed by atoms with Crippen LogP contribution in [0.2, 0.25) is 0 Å². The number of hydrogen-bond donors (Lipinski definition) is 0. The monoisotopic (exact) mass is 792 g/mol. The smallest absolute Gasteiger partial charge is 0.343 e. The van der Waals surface area contributed by atoms with Crippen LogP contribution in [0.15, 0.2) is 97.1 Å². The second-order valence-electron chi connectivity index (χ2n) is 14.6. The standard InChI is InChI=1S/C48H56O10/c1-3-5-7-12-32-53-40-24-16-37(17-25-40)46(50)56-42-28-20-36(21-29-42)45(49)55-34-44(35-14-10-9-11-15-35)58-48(52)39-22-30-43(31-23-39)57-47(51)38-18-26-41(27-19-38)54-33-13-8-6-4-2/h16-31,35,44H,3-15,32-34H2,1-2H3. The molecule has 1 saturated carbocycles. The van der Waals surface area contributed by atoms with Crippen LogP contribution in [-0.4, -0.2) is 49.8 Å². The molecule has 0 spiro atoms. The minimum Gasteiger partial charge on any atom is -0.494 e. The Morgan fingerprint density at radius 3 is 1.31 bits per heavy atom. The van der Waals surface area contributed by atoms with E-state index in [9.17, 15) is 19.2 Å². The van der Waals surface area contributed by atoms with Gasteiger partial charge in [-0.2, -0.15) is 0 Å². The Bertz CT molecular complexity index is 1860. The first-order valence-electron chi connectivity index (χ1n) is 20.8. The van der Waals surface area contributed by atoms with Crippen LogP contribution in [0.5, 0.6) is 23.0 Å². The van der Waals surface area contributed by atoms with Crippen molar-refractivity contribution >= 4 is 23.9 Å². The number of rotatable bonds is 22. The van der Waals surface area contributed by atoms with Crippen LogP contribution in [0.4, 0.5) is 0 Å². The minimum atomic E-state index is -0.643. The zero-order valence-electron chi connectivity index (χ0n) is 33.8. The predicted octanol–water partition coefficient (Wildman–Crippen LogP) is 11.0. The van der Waals surface area contributed by atoms with E-state index in [1.165, 1.54) is 49.9 Å². The Balaban J connectivity index is 1.09. The molecular formula is C48H56O10. The van der Waals surface area contributed by atoms with Crippen molar-refractivity contribution in [3.8, 4) is 23.0 Å². The molecular weight excluding hydrogens is 737 g/mol. The van der Waals surface area contributed by atoms with Crippen LogP contribution in [0.1, 0.15) is 139 Å². The number of unbranched alkanes of at least 4 members (excludes halogenated alkanes) is 6. The fourth-order valence-electron chi connectivity index (χ4n) is 6.68. The normalized spacial score (nSPS) is 13.2. The molecule has 5 rings (SSSR count). The van der Waals surface area contributed by atoms with Crippen LogP contribution in [0.25, 0.3) is 0 Å². The summed E-state index contributed by atoms with van der Waals surface area (Å²) in [4.78, 5) is 51.9. The zero-order valence-corrected chi connectivity index (χ0v) is 33.8. The zero-order chi connectivity index (χ0) is 41.0. The van der Waals surface area contributed by atoms with E-state index in [2.05, 4.69) is 13.8 Å². The van der Waals surface area contributed by atoms with Crippen LogP contribution in [-0.2, 0) is 9.47 Å². The summed E-state index contributed by atoms with van der Waals surface area (Å²) in [6.45, 7) is 5.49. The molecule has 0 bridgehead atoms. The number of carbonyl (C=O) groups is 4. The van der Waals surface area contributed by atoms with Crippen molar-refractivity contribution in [3.05, 3.63) is 119 Å². The predicted molar refractivity (Wildman–Crippen MR) is 221 cm³/mol. The van der Waals surface area contributed by atoms with Crippen LogP contribution >= 0.6 is 0 Å². The summed E-state index contributed by atoms with van der Waals surface area (Å²) < 4.78 is 34.2. The fraction of sp³-hybridized carbons (Fsp3) is 0.417. The largest absolute Gasteiger partial charge is 0.494 e. The van der Waals surface area contributed by atoms with Crippen LogP contribution in [0.3, 0.4) is 0 Å². The van der Waals surface area contributed by atoms with Gasteiger partial charge in [-0.3, -0.25) is 0 Å². The Labute approximate surface area is 342 Å². The van der Waals surface area contributed by atoms with E-state index in [0.717, 1.165) is 57.8 Å². The van der Waals surface area contributed by atoms with Crippen molar-refractivity contribution in [1.82, 2.24) is 0 Å². The molecule has 1 atom stereocenters. The molecule has 10 heteroatoms. The van der Waals surface area contributed by atoms with Gasteiger partial charge in [-0.05, 0) is 129 Å². The van der Waals surface area contributed by atoms with E-state index in [0.29, 0.717) is 35.8 Å². The topological polar surface area (TPSA) is 124 Å². The molecule has 1 unspecified atom stereocenters. The van der Waals surface area contributed by atoms with Gasteiger partial charge in [-0.25, -0.2) is 19.2 Å². The summed E-state index contributed by atoms with van der Waals surface area (Å²) in [5.41, 5.74) is 1.30. The summed E-state index contributed by atoms with van der Waals surface area (Å²) in [5, 5.41) is 0. The average molecular weight is 793 g/mol. The van der Waals surface area contributed by atoms with Crippen molar-refractivity contribution in [2.45, 2.75) is 103 Å². The van der Waals surface area contributed by atoms with Gasteiger partial charge in [0.2, 0.25) is 0 Å². The van der Waals surface area contributed by atoms with Crippen molar-refractivity contribution in [2.75, 3.05) is 19.8 Å². The van der Waals surface area contributed by atoms with Gasteiger partial charge in [0.25, 0.3) is 0 Å². The molecule has 0 aromatic heterocycles. The summed E-state index contributed by atoms with van der Waals surface area (Å²) in [6.07, 6.45) is 13.1. The van der Waals surface area contributed by atoms with Crippen molar-refractivity contribution < 1.29 is 47.6 Å². The number of ether oxygens (including phenoxy) is 6. The lowest BCUT2D eigenvalue weighted by Crippen LogP contribution is -2.33. The highest BCUT2D eigenvalue weighted by atomic mass is 16.6. The molecule has 10 nitrogen and oxygen atoms in total. The van der Waals surface area contributed by atoms with Crippen LogP contribution < -0.4 is 18.9 Å². The van der Waals surface area contributed by atoms with Crippen molar-refractivity contribution in [1.29, 1.82) is 0 Å². The van der Waals surface area contributed by atoms with Gasteiger partial charge in [0.1, 0.15) is 35.7 Å². The van der Waals surface area contributed by atoms with Gasteiger partial charge >= 0.3 is 23.9 Å². The Morgan fingerprint density at radius 2 is 0.879 bits per heavy atom. The van der Waals surface area contributed by atoms with Gasteiger partial charge < -0.3 is 28.4 Å². The molecule has 0 heterocycles. The van der Waals surface area contributed by atoms with E-state index in [1.54, 1.807) is 72.8 Å². The summed E-state index contributed by atoms with van der Waals surface area (Å²) in [7, 11) is 0. The Morgan fingerprint density at radius 1 is 0.483 bits per heavy atom. The molecule has 1 aliphatic rings. The quantitative estimate of drug-likeness (QED) is 0.0431. The van der Waals surface area contributed by atoms with E-state index >= 15 is 0 Å². The minimum absolute atomic E-state index is 0.0387. The van der Waals surface area contributed by atoms with Crippen molar-refractivity contribution in [2.24, 2.45) is 5.92 Å². The maximum Gasteiger partial charge on any atom is 0.343 e. The third kappa shape index (κ3) is 14.1. The SMILES string of the molecule is CCCCCCOc1ccc(C(=O)Oc2ccc(C(=O)OCC(OC(=O)c3ccc(OC(=O)c4ccc(OCCCCCC)cc4)cc3)C3CCCCC3)cc2)cc1. The number of hydrogen-bond acceptors (Lipinski definition) is 10. The van der Waals surface area contributed by atoms with E-state index < -0.39 is 30.0 Å². The van der Waals surface area contributed by atoms with Gasteiger partial charge in [0, 0.05) is 0 Å². The first kappa shape index (κ1) is 43.5. The van der Waals surface area contributed by atoms with Gasteiger partial charge in [-0.15, -0.1) is 0 Å². The summed E-state index contributed by atoms with van der Waals surface area (Å²) >= 11 is 0. The molecule has 4 aromatic rings. The summed E-state index contributed by atoms with van der Waals surface area (Å²) in [5.74, 6) is -0.217. The third-order valence-corrected chi connectivity index (χ3v) is 10.1. The molecule has 4 aromatic carbocycles. The van der Waals surface area contributed by atoms with Gasteiger partial charge in [0.15, 0.2) is 0 Å². The molecule has 1 fully saturated rings. The van der Waals surface area contributed by atoms with Gasteiger partial charge in [-0.1, -0.05) is 71.6 Å². The van der Waals surface area contributed by atoms with Gasteiger partial charge in [0.05, 0.1) is 35.5 Å². The van der Waals surface area contributed by atoms with E-state index in [1.807, 2.05) is 0 Å². The number of benzene rings is 4. The maximum absolute atomic E-state index is 13.3. The molecule has 58 heavy (non-hydrogen) atoms. The molecule has 0 N–H and O–H groups in total. The Hall–Kier alpha value is -5.64. The van der Waals surface area contributed by atoms with E-state index in [-0.39, 0.29) is 35.2 Å². The number of carbonyl (C=O) groups excluding carboxylic acids is 4. The second-order valence-corrected chi connectivity index (χ2v) is 14.6. The Kier molecular flexibility index (Phi) is 17.7. The lowest BCUT2D eigenvalue weighted by molar-refractivity contribution is -0.0247. The van der Waals surface area contributed by atoms with Crippen molar-refractivity contribution in [3.63, 3.8) is 0 Å². The number of esters is 4. The first-order chi connectivity index (χ1) is 28.3. The molecule has 0 amide bonds. The molecule has 0 radical (unpaired) electrons. The molecule has 0 saturated heterocycles. The van der Waals surface area contributed by atoms with E-state index in [4.69, 9.17) is 28.4 Å². The maximum atomic E-state index is 13.3. The highest BCUT2D eigenvalue weighted by Gasteiger charge is 2.29. The summed E-state index contributed by atoms with van der Waals surface area (Å²) in [6, 6.07) is 25.9. The van der Waals surface area contributed by atoms with Crippen LogP contribution in [0, 0.1) is 5.92 Å².